The molecule has 1 fully saturated rings. The van der Waals surface area contributed by atoms with Crippen molar-refractivity contribution >= 4 is 35.2 Å². The van der Waals surface area contributed by atoms with E-state index >= 15 is 0 Å². The lowest BCUT2D eigenvalue weighted by Gasteiger charge is -2.29. The summed E-state index contributed by atoms with van der Waals surface area (Å²) in [5.41, 5.74) is 3.72. The highest BCUT2D eigenvalue weighted by molar-refractivity contribution is 6.31. The molecule has 3 aromatic carbocycles. The van der Waals surface area contributed by atoms with Crippen molar-refractivity contribution in [3.05, 3.63) is 100 Å². The van der Waals surface area contributed by atoms with Crippen LogP contribution in [0.5, 0.6) is 0 Å². The zero-order valence-corrected chi connectivity index (χ0v) is 21.9. The quantitative estimate of drug-likeness (QED) is 0.406. The van der Waals surface area contributed by atoms with Crippen LogP contribution in [0.1, 0.15) is 47.0 Å². The molecule has 0 radical (unpaired) electrons. The fraction of sp³-hybridized carbons (Fsp3) is 0.276. The lowest BCUT2D eigenvalue weighted by atomic mass is 9.99. The van der Waals surface area contributed by atoms with Gasteiger partial charge in [0, 0.05) is 29.4 Å². The number of hydrogen-bond donors (Lipinski definition) is 1. The van der Waals surface area contributed by atoms with Crippen molar-refractivity contribution in [2.24, 2.45) is 0 Å². The number of carbonyl (C=O) groups is 3. The molecule has 3 amide bonds. The second-order valence-corrected chi connectivity index (χ2v) is 9.40. The summed E-state index contributed by atoms with van der Waals surface area (Å²) in [5.74, 6) is -0.451. The number of aryl methyl sites for hydroxylation is 1. The molecule has 0 aromatic heterocycles. The number of nitrogens with zero attached hydrogens (tertiary/aromatic N) is 2. The van der Waals surface area contributed by atoms with Gasteiger partial charge in [0.2, 0.25) is 5.91 Å². The zero-order chi connectivity index (χ0) is 26.5. The van der Waals surface area contributed by atoms with Crippen molar-refractivity contribution in [1.29, 1.82) is 0 Å². The van der Waals surface area contributed by atoms with E-state index in [0.29, 0.717) is 34.9 Å². The summed E-state index contributed by atoms with van der Waals surface area (Å²) in [6, 6.07) is 20.7. The Hall–Kier alpha value is -3.84. The minimum atomic E-state index is -0.805. The summed E-state index contributed by atoms with van der Waals surface area (Å²) >= 11 is 5.99. The monoisotopic (exact) mass is 519 g/mol. The Morgan fingerprint density at radius 2 is 1.68 bits per heavy atom. The topological polar surface area (TPSA) is 79.0 Å². The third-order valence-electron chi connectivity index (χ3n) is 6.47. The van der Waals surface area contributed by atoms with Crippen molar-refractivity contribution in [1.82, 2.24) is 9.80 Å². The Labute approximate surface area is 222 Å². The molecule has 1 N–H and O–H groups in total. The van der Waals surface area contributed by atoms with Crippen molar-refractivity contribution in [2.45, 2.75) is 39.5 Å². The highest BCUT2D eigenvalue weighted by Gasteiger charge is 2.48. The van der Waals surface area contributed by atoms with Crippen molar-refractivity contribution < 1.29 is 19.1 Å². The van der Waals surface area contributed by atoms with Gasteiger partial charge in [-0.15, -0.1) is 0 Å². The molecule has 192 valence electrons. The predicted molar refractivity (Wildman–Crippen MR) is 144 cm³/mol. The molecular weight excluding hydrogens is 490 g/mol. The zero-order valence-electron chi connectivity index (χ0n) is 21.1. The van der Waals surface area contributed by atoms with Crippen LogP contribution in [0.25, 0.3) is 0 Å². The smallest absolute Gasteiger partial charge is 0.411 e. The van der Waals surface area contributed by atoms with Crippen molar-refractivity contribution in [2.75, 3.05) is 18.4 Å². The largest absolute Gasteiger partial charge is 0.438 e. The number of carbonyl (C=O) groups excluding carboxylic acids is 3. The number of rotatable bonds is 8. The maximum absolute atomic E-state index is 13.6. The first-order valence-electron chi connectivity index (χ1n) is 12.3. The van der Waals surface area contributed by atoms with Gasteiger partial charge < -0.3 is 15.0 Å². The Balaban J connectivity index is 1.58. The van der Waals surface area contributed by atoms with E-state index in [1.165, 1.54) is 4.90 Å². The van der Waals surface area contributed by atoms with E-state index in [2.05, 4.69) is 5.32 Å². The lowest BCUT2D eigenvalue weighted by molar-refractivity contribution is -0.136. The van der Waals surface area contributed by atoms with E-state index in [9.17, 15) is 14.4 Å². The van der Waals surface area contributed by atoms with E-state index < -0.39 is 18.2 Å². The molecule has 4 rings (SSSR count). The van der Waals surface area contributed by atoms with Gasteiger partial charge in [0.1, 0.15) is 0 Å². The van der Waals surface area contributed by atoms with Gasteiger partial charge in [-0.05, 0) is 62.2 Å². The fourth-order valence-electron chi connectivity index (χ4n) is 4.40. The van der Waals surface area contributed by atoms with E-state index in [1.807, 2.05) is 45.0 Å². The van der Waals surface area contributed by atoms with Gasteiger partial charge in [0.15, 0.2) is 12.1 Å². The Morgan fingerprint density at radius 1 is 1.00 bits per heavy atom. The summed E-state index contributed by atoms with van der Waals surface area (Å²) in [4.78, 5) is 42.4. The number of ether oxygens (including phenoxy) is 1. The van der Waals surface area contributed by atoms with E-state index in [-0.39, 0.29) is 18.4 Å². The molecule has 1 saturated heterocycles. The fourth-order valence-corrected chi connectivity index (χ4v) is 4.59. The molecule has 1 aliphatic rings. The number of benzene rings is 3. The Bertz CT molecular complexity index is 1270. The molecular formula is C29H30ClN3O4. The van der Waals surface area contributed by atoms with Crippen molar-refractivity contribution in [3.8, 4) is 0 Å². The van der Waals surface area contributed by atoms with Gasteiger partial charge in [0.25, 0.3) is 5.91 Å². The van der Waals surface area contributed by atoms with Gasteiger partial charge in [-0.2, -0.15) is 0 Å². The number of anilines is 1. The molecule has 0 aliphatic carbocycles. The molecule has 1 heterocycles. The minimum Gasteiger partial charge on any atom is -0.438 e. The molecule has 37 heavy (non-hydrogen) atoms. The number of amides is 3. The van der Waals surface area contributed by atoms with Crippen LogP contribution < -0.4 is 5.32 Å². The molecule has 2 unspecified atom stereocenters. The first-order valence-corrected chi connectivity index (χ1v) is 12.7. The van der Waals surface area contributed by atoms with Gasteiger partial charge in [0.05, 0.1) is 6.54 Å². The third kappa shape index (κ3) is 5.94. The number of nitrogens with one attached hydrogen (secondary N) is 1. The van der Waals surface area contributed by atoms with E-state index in [0.717, 1.165) is 11.1 Å². The number of halogens is 1. The van der Waals surface area contributed by atoms with Crippen molar-refractivity contribution in [3.63, 3.8) is 0 Å². The molecule has 1 aliphatic heterocycles. The molecule has 8 heteroatoms. The number of likely N-dealkylation sites (N-methyl/N-ethyl adjacent to an activating group) is 1. The average molecular weight is 520 g/mol. The summed E-state index contributed by atoms with van der Waals surface area (Å²) in [5, 5.41) is 3.31. The van der Waals surface area contributed by atoms with E-state index in [4.69, 9.17) is 16.3 Å². The normalized spacial score (nSPS) is 16.9. The lowest BCUT2D eigenvalue weighted by Crippen LogP contribution is -2.48. The Kier molecular flexibility index (Phi) is 8.14. The highest BCUT2D eigenvalue weighted by atomic mass is 35.5. The molecule has 3 aromatic rings. The molecule has 0 spiro atoms. The summed E-state index contributed by atoms with van der Waals surface area (Å²) < 4.78 is 5.77. The highest BCUT2D eigenvalue weighted by Crippen LogP contribution is 2.35. The average Bonchev–Trinajstić information content (AvgIpc) is 3.22. The van der Waals surface area contributed by atoms with Gasteiger partial charge >= 0.3 is 6.09 Å². The molecule has 7 nitrogen and oxygen atoms in total. The second-order valence-electron chi connectivity index (χ2n) is 8.96. The minimum absolute atomic E-state index is 0.161. The van der Waals surface area contributed by atoms with Crippen LogP contribution in [0.2, 0.25) is 5.02 Å². The van der Waals surface area contributed by atoms with Crippen LogP contribution in [0.3, 0.4) is 0 Å². The molecule has 2 atom stereocenters. The summed E-state index contributed by atoms with van der Waals surface area (Å²) in [6.45, 7) is 7.14. The number of hydrogen-bond acceptors (Lipinski definition) is 4. The van der Waals surface area contributed by atoms with Crippen LogP contribution in [0.15, 0.2) is 72.8 Å². The Morgan fingerprint density at radius 3 is 2.30 bits per heavy atom. The second kappa shape index (κ2) is 11.5. The molecule has 0 saturated carbocycles. The van der Waals surface area contributed by atoms with Gasteiger partial charge in [-0.1, -0.05) is 59.6 Å². The van der Waals surface area contributed by atoms with Crippen LogP contribution >= 0.6 is 11.6 Å². The summed E-state index contributed by atoms with van der Waals surface area (Å²) in [6.07, 6.45) is -1.31. The van der Waals surface area contributed by atoms with Crippen LogP contribution in [-0.2, 0) is 16.1 Å². The van der Waals surface area contributed by atoms with Crippen LogP contribution in [0, 0.1) is 6.92 Å². The predicted octanol–water partition coefficient (Wildman–Crippen LogP) is 5.83. The maximum Gasteiger partial charge on any atom is 0.411 e. The number of cyclic esters (lactones) is 1. The van der Waals surface area contributed by atoms with Crippen LogP contribution in [0.4, 0.5) is 10.5 Å². The third-order valence-corrected chi connectivity index (χ3v) is 6.71. The maximum atomic E-state index is 13.6. The van der Waals surface area contributed by atoms with Crippen LogP contribution in [-0.4, -0.2) is 46.8 Å². The van der Waals surface area contributed by atoms with E-state index in [1.54, 1.807) is 53.4 Å². The van der Waals surface area contributed by atoms with Gasteiger partial charge in [-0.3, -0.25) is 14.5 Å². The first-order chi connectivity index (χ1) is 17.8. The molecule has 0 bridgehead atoms. The standard InChI is InChI=1S/C29H30ClN3O4/c1-4-32(5-2)28(35)25-26(37-29(36)33(25)18-20-11-9-19(3)10-12-20)21-13-15-24(16-14-21)31-27(34)22-7-6-8-23(30)17-22/h6-17,25-26H,4-5,18H2,1-3H3,(H,31,34). The first kappa shape index (κ1) is 26.2. The SMILES string of the molecule is CCN(CC)C(=O)C1C(c2ccc(NC(=O)c3cccc(Cl)c3)cc2)OC(=O)N1Cc1ccc(C)cc1. The van der Waals surface area contributed by atoms with Gasteiger partial charge in [-0.25, -0.2) is 4.79 Å². The summed E-state index contributed by atoms with van der Waals surface area (Å²) in [7, 11) is 0.